The number of nitrogens with zero attached hydrogens (tertiary/aromatic N) is 1. The highest BCUT2D eigenvalue weighted by molar-refractivity contribution is 5.74. The van der Waals surface area contributed by atoms with Crippen LogP contribution < -0.4 is 5.32 Å². The van der Waals surface area contributed by atoms with Gasteiger partial charge in [0.25, 0.3) is 0 Å². The van der Waals surface area contributed by atoms with Crippen LogP contribution >= 0.6 is 0 Å². The fourth-order valence-corrected chi connectivity index (χ4v) is 0.972. The summed E-state index contributed by atoms with van der Waals surface area (Å²) in [6.07, 6.45) is 4.85. The zero-order valence-corrected chi connectivity index (χ0v) is 9.22. The molecule has 13 heavy (non-hydrogen) atoms. The van der Waals surface area contributed by atoms with E-state index < -0.39 is 0 Å². The summed E-state index contributed by atoms with van der Waals surface area (Å²) in [5.41, 5.74) is -0.226. The Morgan fingerprint density at radius 3 is 2.38 bits per heavy atom. The molecule has 0 aliphatic heterocycles. The molecule has 0 bridgehead atoms. The van der Waals surface area contributed by atoms with Gasteiger partial charge in [-0.2, -0.15) is 0 Å². The Hall–Kier alpha value is -0.990. The molecule has 3 heteroatoms. The summed E-state index contributed by atoms with van der Waals surface area (Å²) in [6.45, 7) is 6.01. The smallest absolute Gasteiger partial charge is 0.317 e. The number of allylic oxidation sites excluding steroid dienone is 1. The van der Waals surface area contributed by atoms with Crippen LogP contribution in [0.5, 0.6) is 0 Å². The summed E-state index contributed by atoms with van der Waals surface area (Å²) in [7, 11) is 3.47. The topological polar surface area (TPSA) is 32.3 Å². The Morgan fingerprint density at radius 1 is 1.54 bits per heavy atom. The number of rotatable bonds is 3. The minimum Gasteiger partial charge on any atom is -0.331 e. The highest BCUT2D eigenvalue weighted by atomic mass is 16.2. The Labute approximate surface area is 80.8 Å². The van der Waals surface area contributed by atoms with Crippen molar-refractivity contribution < 1.29 is 4.79 Å². The van der Waals surface area contributed by atoms with E-state index in [1.807, 2.05) is 26.0 Å². The zero-order chi connectivity index (χ0) is 10.5. The number of nitrogens with one attached hydrogen (secondary N) is 1. The van der Waals surface area contributed by atoms with E-state index in [0.717, 1.165) is 6.42 Å². The average molecular weight is 184 g/mol. The molecular formula is C10H20N2O. The Balaban J connectivity index is 4.35. The lowest BCUT2D eigenvalue weighted by Crippen LogP contribution is -2.48. The summed E-state index contributed by atoms with van der Waals surface area (Å²) in [6, 6.07) is -0.0533. The van der Waals surface area contributed by atoms with Crippen molar-refractivity contribution in [3.05, 3.63) is 12.2 Å². The van der Waals surface area contributed by atoms with Gasteiger partial charge in [0.15, 0.2) is 0 Å². The van der Waals surface area contributed by atoms with E-state index >= 15 is 0 Å². The molecule has 0 aromatic carbocycles. The van der Waals surface area contributed by atoms with Gasteiger partial charge < -0.3 is 10.2 Å². The van der Waals surface area contributed by atoms with Crippen LogP contribution in [0, 0.1) is 0 Å². The zero-order valence-electron chi connectivity index (χ0n) is 9.22. The number of hydrogen-bond donors (Lipinski definition) is 1. The third-order valence-corrected chi connectivity index (χ3v) is 2.07. The molecule has 0 saturated heterocycles. The molecule has 0 fully saturated rings. The predicted octanol–water partition coefficient (Wildman–Crippen LogP) is 2.00. The van der Waals surface area contributed by atoms with Gasteiger partial charge in [-0.15, -0.1) is 0 Å². The maximum absolute atomic E-state index is 11.4. The summed E-state index contributed by atoms with van der Waals surface area (Å²) in [5, 5.41) is 2.94. The van der Waals surface area contributed by atoms with E-state index in [-0.39, 0.29) is 11.6 Å². The van der Waals surface area contributed by atoms with Crippen molar-refractivity contribution in [2.45, 2.75) is 32.7 Å². The van der Waals surface area contributed by atoms with E-state index in [1.165, 1.54) is 4.90 Å². The summed E-state index contributed by atoms with van der Waals surface area (Å²) in [4.78, 5) is 12.9. The molecule has 0 aliphatic rings. The van der Waals surface area contributed by atoms with Gasteiger partial charge in [-0.05, 0) is 20.3 Å². The number of urea groups is 1. The van der Waals surface area contributed by atoms with Crippen LogP contribution in [-0.4, -0.2) is 30.6 Å². The van der Waals surface area contributed by atoms with Gasteiger partial charge in [-0.3, -0.25) is 0 Å². The average Bonchev–Trinajstić information content (AvgIpc) is 2.04. The van der Waals surface area contributed by atoms with Gasteiger partial charge in [0.2, 0.25) is 0 Å². The number of carbonyl (C=O) groups is 1. The Kier molecular flexibility index (Phi) is 4.52. The quantitative estimate of drug-likeness (QED) is 0.668. The molecule has 2 amide bonds. The molecule has 0 aliphatic carbocycles. The number of hydrogen-bond acceptors (Lipinski definition) is 1. The van der Waals surface area contributed by atoms with E-state index in [1.54, 1.807) is 14.1 Å². The third kappa shape index (κ3) is 3.97. The van der Waals surface area contributed by atoms with Crippen molar-refractivity contribution in [1.29, 1.82) is 0 Å². The van der Waals surface area contributed by atoms with E-state index in [2.05, 4.69) is 12.2 Å². The number of carbonyl (C=O) groups excluding carboxylic acids is 1. The lowest BCUT2D eigenvalue weighted by molar-refractivity contribution is 0.208. The molecule has 0 radical (unpaired) electrons. The lowest BCUT2D eigenvalue weighted by atomic mass is 9.99. The third-order valence-electron chi connectivity index (χ3n) is 2.07. The first-order valence-electron chi connectivity index (χ1n) is 4.58. The molecule has 1 unspecified atom stereocenters. The van der Waals surface area contributed by atoms with Crippen LogP contribution in [0.25, 0.3) is 0 Å². The maximum atomic E-state index is 11.4. The molecule has 0 aromatic heterocycles. The fourth-order valence-electron chi connectivity index (χ4n) is 0.972. The van der Waals surface area contributed by atoms with Crippen molar-refractivity contribution >= 4 is 6.03 Å². The highest BCUT2D eigenvalue weighted by Gasteiger charge is 2.20. The highest BCUT2D eigenvalue weighted by Crippen LogP contribution is 2.11. The molecule has 0 saturated carbocycles. The Morgan fingerprint density at radius 2 is 2.08 bits per heavy atom. The molecular weight excluding hydrogens is 164 g/mol. The van der Waals surface area contributed by atoms with Crippen molar-refractivity contribution in [3.8, 4) is 0 Å². The van der Waals surface area contributed by atoms with Gasteiger partial charge in [0, 0.05) is 14.1 Å². The van der Waals surface area contributed by atoms with Gasteiger partial charge in [-0.25, -0.2) is 4.79 Å². The van der Waals surface area contributed by atoms with Gasteiger partial charge in [0.05, 0.1) is 5.54 Å². The van der Waals surface area contributed by atoms with Crippen LogP contribution in [-0.2, 0) is 0 Å². The fraction of sp³-hybridized carbons (Fsp3) is 0.700. The summed E-state index contributed by atoms with van der Waals surface area (Å²) >= 11 is 0. The lowest BCUT2D eigenvalue weighted by Gasteiger charge is -2.27. The summed E-state index contributed by atoms with van der Waals surface area (Å²) < 4.78 is 0. The predicted molar refractivity (Wildman–Crippen MR) is 55.7 cm³/mol. The molecule has 0 aromatic rings. The van der Waals surface area contributed by atoms with Crippen LogP contribution in [0.1, 0.15) is 27.2 Å². The first-order valence-corrected chi connectivity index (χ1v) is 4.58. The van der Waals surface area contributed by atoms with Crippen LogP contribution in [0.3, 0.4) is 0 Å². The molecule has 1 atom stereocenters. The minimum atomic E-state index is -0.226. The van der Waals surface area contributed by atoms with E-state index in [4.69, 9.17) is 0 Å². The van der Waals surface area contributed by atoms with Crippen molar-refractivity contribution in [2.24, 2.45) is 0 Å². The second-order valence-corrected chi connectivity index (χ2v) is 3.60. The first-order chi connectivity index (χ1) is 5.95. The first kappa shape index (κ1) is 12.0. The van der Waals surface area contributed by atoms with Crippen molar-refractivity contribution in [1.82, 2.24) is 10.2 Å². The molecule has 0 heterocycles. The largest absolute Gasteiger partial charge is 0.331 e. The second-order valence-electron chi connectivity index (χ2n) is 3.60. The number of amides is 2. The minimum absolute atomic E-state index is 0.0533. The van der Waals surface area contributed by atoms with Crippen LogP contribution in [0.15, 0.2) is 12.2 Å². The molecule has 76 valence electrons. The maximum Gasteiger partial charge on any atom is 0.317 e. The van der Waals surface area contributed by atoms with E-state index in [0.29, 0.717) is 0 Å². The van der Waals surface area contributed by atoms with Gasteiger partial charge in [-0.1, -0.05) is 19.1 Å². The normalized spacial score (nSPS) is 15.5. The van der Waals surface area contributed by atoms with Gasteiger partial charge >= 0.3 is 6.03 Å². The molecule has 1 N–H and O–H groups in total. The van der Waals surface area contributed by atoms with E-state index in [9.17, 15) is 4.79 Å². The Bertz CT molecular complexity index is 199. The van der Waals surface area contributed by atoms with Crippen LogP contribution in [0.2, 0.25) is 0 Å². The van der Waals surface area contributed by atoms with Crippen molar-refractivity contribution in [2.75, 3.05) is 14.1 Å². The van der Waals surface area contributed by atoms with Crippen LogP contribution in [0.4, 0.5) is 4.79 Å². The SMILES string of the molecule is CC=CC(C)(CC)NC(=O)N(C)C. The summed E-state index contributed by atoms with van der Waals surface area (Å²) in [5.74, 6) is 0. The molecule has 3 nitrogen and oxygen atoms in total. The second kappa shape index (κ2) is 4.90. The van der Waals surface area contributed by atoms with Crippen molar-refractivity contribution in [3.63, 3.8) is 0 Å². The molecule has 0 spiro atoms. The monoisotopic (exact) mass is 184 g/mol. The van der Waals surface area contributed by atoms with Gasteiger partial charge in [0.1, 0.15) is 0 Å². The molecule has 0 rings (SSSR count). The standard InChI is InChI=1S/C10H20N2O/c1-6-8-10(3,7-2)11-9(13)12(4)5/h6,8H,7H2,1-5H3,(H,11,13).